The second-order valence-corrected chi connectivity index (χ2v) is 7.33. The number of nitrogens with zero attached hydrogens (tertiary/aromatic N) is 2. The highest BCUT2D eigenvalue weighted by Crippen LogP contribution is 2.37. The first-order chi connectivity index (χ1) is 11.8. The Bertz CT molecular complexity index is 748. The zero-order chi connectivity index (χ0) is 16.5. The minimum Gasteiger partial charge on any atom is -0.497 e. The van der Waals surface area contributed by atoms with Crippen LogP contribution in [0.5, 0.6) is 5.75 Å². The predicted octanol–water partition coefficient (Wildman–Crippen LogP) is 3.76. The molecule has 2 heterocycles. The summed E-state index contributed by atoms with van der Waals surface area (Å²) in [6, 6.07) is 7.78. The Hall–Kier alpha value is -1.95. The molecule has 1 fully saturated rings. The van der Waals surface area contributed by atoms with Gasteiger partial charge in [-0.1, -0.05) is 12.8 Å². The number of amides is 1. The van der Waals surface area contributed by atoms with Gasteiger partial charge in [0.15, 0.2) is 0 Å². The summed E-state index contributed by atoms with van der Waals surface area (Å²) in [6.45, 7) is 0. The number of benzene rings is 1. The van der Waals surface area contributed by atoms with Gasteiger partial charge in [0, 0.05) is 23.0 Å². The molecule has 2 aromatic rings. The average Bonchev–Trinajstić information content (AvgIpc) is 3.33. The second kappa shape index (κ2) is 6.51. The number of rotatable bonds is 4. The summed E-state index contributed by atoms with van der Waals surface area (Å²) in [6.07, 6.45) is 4.31. The van der Waals surface area contributed by atoms with E-state index in [2.05, 4.69) is 5.32 Å². The van der Waals surface area contributed by atoms with Crippen LogP contribution in [0.4, 0.5) is 5.82 Å². The Morgan fingerprint density at radius 1 is 1.25 bits per heavy atom. The van der Waals surface area contributed by atoms with Crippen LogP contribution < -0.4 is 10.1 Å². The third kappa shape index (κ3) is 2.79. The molecule has 1 N–H and O–H groups in total. The second-order valence-electron chi connectivity index (χ2n) is 6.35. The van der Waals surface area contributed by atoms with E-state index in [0.29, 0.717) is 0 Å². The van der Waals surface area contributed by atoms with Crippen molar-refractivity contribution >= 4 is 23.5 Å². The fourth-order valence-electron chi connectivity index (χ4n) is 3.46. The molecule has 1 aliphatic heterocycles. The molecule has 1 aliphatic carbocycles. The number of fused-ring (bicyclic) bond motifs is 1. The Labute approximate surface area is 145 Å². The number of hydrogen-bond acceptors (Lipinski definition) is 4. The molecule has 0 atom stereocenters. The van der Waals surface area contributed by atoms with Gasteiger partial charge in [-0.25, -0.2) is 4.68 Å². The molecular formula is C18H21N3O2S. The van der Waals surface area contributed by atoms with Gasteiger partial charge in [-0.3, -0.25) is 4.79 Å². The summed E-state index contributed by atoms with van der Waals surface area (Å²) in [7, 11) is 1.65. The van der Waals surface area contributed by atoms with Gasteiger partial charge in [0.2, 0.25) is 5.91 Å². The van der Waals surface area contributed by atoms with E-state index in [4.69, 9.17) is 9.84 Å². The van der Waals surface area contributed by atoms with E-state index >= 15 is 0 Å². The van der Waals surface area contributed by atoms with Crippen molar-refractivity contribution < 1.29 is 9.53 Å². The fourth-order valence-corrected chi connectivity index (χ4v) is 4.49. The summed E-state index contributed by atoms with van der Waals surface area (Å²) in [5.41, 5.74) is 3.19. The molecule has 6 heteroatoms. The van der Waals surface area contributed by atoms with Crippen molar-refractivity contribution in [2.45, 2.75) is 37.2 Å². The number of carbonyl (C=O) groups excluding carboxylic acids is 1. The number of ether oxygens (including phenoxy) is 1. The molecule has 126 valence electrons. The van der Waals surface area contributed by atoms with Crippen LogP contribution in [-0.4, -0.2) is 22.8 Å². The third-order valence-electron chi connectivity index (χ3n) is 4.84. The Balaban J connectivity index is 1.67. The zero-order valence-electron chi connectivity index (χ0n) is 13.7. The molecule has 5 nitrogen and oxygen atoms in total. The standard InChI is InChI=1S/C18H21N3O2S/c1-23-14-8-6-13(7-9-14)21-17(15-10-24-11-16(15)20-21)19-18(22)12-4-2-3-5-12/h6-9,12H,2-5,10-11H2,1H3,(H,19,22). The van der Waals surface area contributed by atoms with Gasteiger partial charge in [0.25, 0.3) is 0 Å². The minimum absolute atomic E-state index is 0.141. The number of nitrogens with one attached hydrogen (secondary N) is 1. The molecule has 2 aliphatic rings. The van der Waals surface area contributed by atoms with Crippen molar-refractivity contribution in [1.29, 1.82) is 0 Å². The maximum atomic E-state index is 12.6. The van der Waals surface area contributed by atoms with Gasteiger partial charge < -0.3 is 10.1 Å². The Kier molecular flexibility index (Phi) is 4.22. The highest BCUT2D eigenvalue weighted by Gasteiger charge is 2.28. The predicted molar refractivity (Wildman–Crippen MR) is 95.7 cm³/mol. The molecule has 4 rings (SSSR count). The lowest BCUT2D eigenvalue weighted by Crippen LogP contribution is -2.22. The van der Waals surface area contributed by atoms with E-state index in [1.807, 2.05) is 40.7 Å². The zero-order valence-corrected chi connectivity index (χ0v) is 14.6. The number of anilines is 1. The summed E-state index contributed by atoms with van der Waals surface area (Å²) < 4.78 is 7.10. The lowest BCUT2D eigenvalue weighted by atomic mass is 10.1. The molecule has 1 aromatic carbocycles. The molecule has 1 amide bonds. The SMILES string of the molecule is COc1ccc(-n2nc3c(c2NC(=O)C2CCCC2)CSC3)cc1. The molecule has 0 saturated heterocycles. The van der Waals surface area contributed by atoms with Crippen LogP contribution in [0.25, 0.3) is 5.69 Å². The van der Waals surface area contributed by atoms with Crippen molar-refractivity contribution in [2.75, 3.05) is 12.4 Å². The van der Waals surface area contributed by atoms with Crippen LogP contribution >= 0.6 is 11.8 Å². The number of aromatic nitrogens is 2. The smallest absolute Gasteiger partial charge is 0.228 e. The molecular weight excluding hydrogens is 322 g/mol. The van der Waals surface area contributed by atoms with E-state index in [-0.39, 0.29) is 11.8 Å². The molecule has 0 spiro atoms. The molecule has 24 heavy (non-hydrogen) atoms. The lowest BCUT2D eigenvalue weighted by Gasteiger charge is -2.14. The van der Waals surface area contributed by atoms with E-state index in [1.54, 1.807) is 7.11 Å². The van der Waals surface area contributed by atoms with Gasteiger partial charge in [-0.05, 0) is 37.1 Å². The van der Waals surface area contributed by atoms with E-state index in [1.165, 1.54) is 5.56 Å². The summed E-state index contributed by atoms with van der Waals surface area (Å²) in [4.78, 5) is 12.6. The van der Waals surface area contributed by atoms with Crippen LogP contribution in [-0.2, 0) is 16.3 Å². The topological polar surface area (TPSA) is 56.1 Å². The molecule has 0 unspecified atom stereocenters. The largest absolute Gasteiger partial charge is 0.497 e. The van der Waals surface area contributed by atoms with E-state index < -0.39 is 0 Å². The van der Waals surface area contributed by atoms with Crippen molar-refractivity contribution in [2.24, 2.45) is 5.92 Å². The van der Waals surface area contributed by atoms with E-state index in [0.717, 1.165) is 60.1 Å². The molecule has 1 aromatic heterocycles. The normalized spacial score (nSPS) is 17.0. The minimum atomic E-state index is 0.141. The van der Waals surface area contributed by atoms with Crippen molar-refractivity contribution in [3.8, 4) is 11.4 Å². The van der Waals surface area contributed by atoms with Gasteiger partial charge >= 0.3 is 0 Å². The first-order valence-corrected chi connectivity index (χ1v) is 9.55. The van der Waals surface area contributed by atoms with Crippen molar-refractivity contribution in [3.63, 3.8) is 0 Å². The van der Waals surface area contributed by atoms with Gasteiger partial charge in [-0.2, -0.15) is 16.9 Å². The Morgan fingerprint density at radius 2 is 2.00 bits per heavy atom. The van der Waals surface area contributed by atoms with Gasteiger partial charge in [-0.15, -0.1) is 0 Å². The summed E-state index contributed by atoms with van der Waals surface area (Å²) in [5.74, 6) is 3.76. The maximum Gasteiger partial charge on any atom is 0.228 e. The van der Waals surface area contributed by atoms with E-state index in [9.17, 15) is 4.79 Å². The summed E-state index contributed by atoms with van der Waals surface area (Å²) in [5, 5.41) is 7.91. The quantitative estimate of drug-likeness (QED) is 0.918. The van der Waals surface area contributed by atoms with Crippen LogP contribution in [0.2, 0.25) is 0 Å². The fraction of sp³-hybridized carbons (Fsp3) is 0.444. The van der Waals surface area contributed by atoms with Gasteiger partial charge in [0.05, 0.1) is 18.5 Å². The first-order valence-electron chi connectivity index (χ1n) is 8.40. The number of carbonyl (C=O) groups is 1. The monoisotopic (exact) mass is 343 g/mol. The average molecular weight is 343 g/mol. The van der Waals surface area contributed by atoms with Crippen LogP contribution in [0.1, 0.15) is 36.9 Å². The summed E-state index contributed by atoms with van der Waals surface area (Å²) >= 11 is 1.85. The van der Waals surface area contributed by atoms with Crippen molar-refractivity contribution in [1.82, 2.24) is 9.78 Å². The van der Waals surface area contributed by atoms with Gasteiger partial charge in [0.1, 0.15) is 11.6 Å². The lowest BCUT2D eigenvalue weighted by molar-refractivity contribution is -0.119. The maximum absolute atomic E-state index is 12.6. The van der Waals surface area contributed by atoms with Crippen molar-refractivity contribution in [3.05, 3.63) is 35.5 Å². The molecule has 0 radical (unpaired) electrons. The first kappa shape index (κ1) is 15.6. The highest BCUT2D eigenvalue weighted by molar-refractivity contribution is 7.98. The Morgan fingerprint density at radius 3 is 2.71 bits per heavy atom. The number of thioether (sulfide) groups is 1. The third-order valence-corrected chi connectivity index (χ3v) is 5.81. The van der Waals surface area contributed by atoms with Crippen LogP contribution in [0.3, 0.4) is 0 Å². The number of hydrogen-bond donors (Lipinski definition) is 1. The van der Waals surface area contributed by atoms with Crippen LogP contribution in [0, 0.1) is 5.92 Å². The highest BCUT2D eigenvalue weighted by atomic mass is 32.2. The molecule has 1 saturated carbocycles. The van der Waals surface area contributed by atoms with Crippen LogP contribution in [0.15, 0.2) is 24.3 Å². The number of methoxy groups -OCH3 is 1. The molecule has 0 bridgehead atoms.